The Morgan fingerprint density at radius 3 is 1.73 bits per heavy atom. The summed E-state index contributed by atoms with van der Waals surface area (Å²) >= 11 is 0. The molecule has 11 aromatic rings. The number of halogens is 2. The lowest BCUT2D eigenvalue weighted by Gasteiger charge is -2.62. The minimum atomic E-state index is -0.487. The molecule has 7 aromatic carbocycles. The van der Waals surface area contributed by atoms with E-state index in [4.69, 9.17) is 25.5 Å². The van der Waals surface area contributed by atoms with Crippen LogP contribution in [-0.2, 0) is 17.8 Å². The molecule has 128 heavy (non-hydrogen) atoms. The first-order valence-corrected chi connectivity index (χ1v) is 44.2. The zero-order chi connectivity index (χ0) is 91.1. The van der Waals surface area contributed by atoms with E-state index in [2.05, 4.69) is 122 Å². The van der Waals surface area contributed by atoms with Gasteiger partial charge in [0.2, 0.25) is 29.7 Å². The van der Waals surface area contributed by atoms with Gasteiger partial charge in [-0.25, -0.2) is 48.7 Å². The summed E-state index contributed by atoms with van der Waals surface area (Å²) in [7, 11) is 5.63. The molecule has 4 aromatic heterocycles. The molecule has 26 heteroatoms. The van der Waals surface area contributed by atoms with E-state index in [1.54, 1.807) is 78.9 Å². The second-order valence-electron chi connectivity index (χ2n) is 34.3. The highest BCUT2D eigenvalue weighted by Gasteiger charge is 2.56. The van der Waals surface area contributed by atoms with Crippen LogP contribution in [0.15, 0.2) is 207 Å². The number of nitrogens with one attached hydrogen (secondary N) is 4. The third-order valence-electron chi connectivity index (χ3n) is 24.8. The van der Waals surface area contributed by atoms with Crippen molar-refractivity contribution in [3.63, 3.8) is 0 Å². The summed E-state index contributed by atoms with van der Waals surface area (Å²) < 4.78 is 27.9. The van der Waals surface area contributed by atoms with Crippen LogP contribution in [0, 0.1) is 63.4 Å². The monoisotopic (exact) mass is 1730 g/mol. The molecule has 0 spiro atoms. The molecule has 1 saturated heterocycles. The fourth-order valence-corrected chi connectivity index (χ4v) is 16.8. The molecule has 16 rings (SSSR count). The van der Waals surface area contributed by atoms with E-state index < -0.39 is 11.7 Å². The normalized spacial score (nSPS) is 16.2. The maximum Gasteiger partial charge on any atom is 0.257 e. The first-order valence-electron chi connectivity index (χ1n) is 44.2. The Bertz CT molecular complexity index is 5740. The van der Waals surface area contributed by atoms with Crippen molar-refractivity contribution < 1.29 is 35.6 Å². The lowest BCUT2D eigenvalue weighted by Crippen LogP contribution is -2.58. The van der Waals surface area contributed by atoms with E-state index in [9.17, 15) is 32.8 Å². The van der Waals surface area contributed by atoms with Crippen LogP contribution in [0.3, 0.4) is 0 Å². The molecular formula is C102H119F2N19O5. The van der Waals surface area contributed by atoms with E-state index in [-0.39, 0.29) is 67.2 Å². The molecule has 666 valence electrons. The fourth-order valence-electron chi connectivity index (χ4n) is 16.8. The lowest BCUT2D eigenvalue weighted by molar-refractivity contribution is -0.129. The van der Waals surface area contributed by atoms with Gasteiger partial charge in [0.05, 0.1) is 68.3 Å². The summed E-state index contributed by atoms with van der Waals surface area (Å²) in [5.74, 6) is 2.92. The minimum absolute atomic E-state index is 0. The second kappa shape index (κ2) is 43.9. The average molecular weight is 1730 g/mol. The van der Waals surface area contributed by atoms with Crippen LogP contribution in [0.1, 0.15) is 180 Å². The van der Waals surface area contributed by atoms with Crippen molar-refractivity contribution in [2.75, 3.05) is 87.4 Å². The summed E-state index contributed by atoms with van der Waals surface area (Å²) in [5.41, 5.74) is 11.9. The van der Waals surface area contributed by atoms with Gasteiger partial charge >= 0.3 is 0 Å². The molecule has 4 aliphatic carbocycles. The van der Waals surface area contributed by atoms with Gasteiger partial charge in [-0.15, -0.1) is 0 Å². The Morgan fingerprint density at radius 1 is 0.586 bits per heavy atom. The molecule has 0 radical (unpaired) electrons. The van der Waals surface area contributed by atoms with E-state index in [1.807, 2.05) is 148 Å². The number of nitriles is 2. The van der Waals surface area contributed by atoms with Crippen LogP contribution in [0.4, 0.5) is 32.6 Å². The number of benzene rings is 7. The SMILES string of the molecule is CC(=O)N1CCN(c2ncc(C(=O)N(C)CC(C)C)c(-c3ccc(-c4ccccc4)cc3)n2)CC1.CCC(C)NC(=O)c1cnc(NC2CC3CC(C2C)C3(C)C)nc1-c1ccc(C#N)cc1.CCN(C)c1ncc(C(=O)N(C)C2CCCCC2)c(-c2ccc(C#N)cc2)n1.O=C(NCc1ccccc1)c1cnc(NCCc2cccc(F)c2)nc1-c1ccccc1F.[HH].[HH]. The van der Waals surface area contributed by atoms with Crippen molar-refractivity contribution in [1.82, 2.24) is 65.2 Å². The topological polar surface area (TPSA) is 300 Å². The highest BCUT2D eigenvalue weighted by atomic mass is 19.1. The molecule has 5 heterocycles. The first-order chi connectivity index (χ1) is 61.7. The highest BCUT2D eigenvalue weighted by Crippen LogP contribution is 2.61. The van der Waals surface area contributed by atoms with Crippen LogP contribution in [0.25, 0.3) is 56.2 Å². The van der Waals surface area contributed by atoms with Gasteiger partial charge in [0.25, 0.3) is 23.6 Å². The number of amides is 5. The van der Waals surface area contributed by atoms with Crippen LogP contribution < -0.4 is 31.1 Å². The summed E-state index contributed by atoms with van der Waals surface area (Å²) in [5, 5.41) is 30.7. The number of anilines is 4. The second-order valence-corrected chi connectivity index (χ2v) is 34.3. The van der Waals surface area contributed by atoms with Gasteiger partial charge in [0.15, 0.2) is 0 Å². The molecule has 5 fully saturated rings. The Kier molecular flexibility index (Phi) is 32.0. The number of carbonyl (C=O) groups is 5. The fraction of sp³-hybridized carbons (Fsp3) is 0.363. The molecule has 5 unspecified atom stereocenters. The minimum Gasteiger partial charge on any atom is -0.354 e. The number of hydrogen-bond donors (Lipinski definition) is 4. The number of aromatic nitrogens is 8. The van der Waals surface area contributed by atoms with Gasteiger partial charge in [0.1, 0.15) is 11.6 Å². The molecular weight excluding hydrogens is 1610 g/mol. The van der Waals surface area contributed by atoms with Crippen molar-refractivity contribution in [3.8, 4) is 68.3 Å². The molecule has 2 bridgehead atoms. The van der Waals surface area contributed by atoms with E-state index in [0.29, 0.717) is 138 Å². The zero-order valence-corrected chi connectivity index (χ0v) is 75.2. The van der Waals surface area contributed by atoms with Crippen molar-refractivity contribution in [2.45, 2.75) is 145 Å². The molecule has 1 aliphatic heterocycles. The van der Waals surface area contributed by atoms with Crippen molar-refractivity contribution >= 4 is 53.3 Å². The van der Waals surface area contributed by atoms with Gasteiger partial charge in [0, 0.05) is 148 Å². The predicted octanol–water partition coefficient (Wildman–Crippen LogP) is 18.6. The third kappa shape index (κ3) is 23.7. The Labute approximate surface area is 753 Å². The van der Waals surface area contributed by atoms with Crippen LogP contribution in [0.5, 0.6) is 0 Å². The quantitative estimate of drug-likeness (QED) is 0.0413. The predicted molar refractivity (Wildman–Crippen MR) is 503 cm³/mol. The smallest absolute Gasteiger partial charge is 0.257 e. The molecule has 4 saturated carbocycles. The summed E-state index contributed by atoms with van der Waals surface area (Å²) in [6.07, 6.45) is 15.8. The van der Waals surface area contributed by atoms with Gasteiger partial charge in [-0.1, -0.05) is 194 Å². The average Bonchev–Trinajstić information content (AvgIpc) is 0.723. The van der Waals surface area contributed by atoms with E-state index >= 15 is 0 Å². The van der Waals surface area contributed by atoms with Crippen LogP contribution in [-0.4, -0.2) is 169 Å². The lowest BCUT2D eigenvalue weighted by atomic mass is 9.45. The Balaban J connectivity index is 0.000000180. The maximum atomic E-state index is 14.6. The molecule has 5 amide bonds. The Morgan fingerprint density at radius 2 is 1.13 bits per heavy atom. The van der Waals surface area contributed by atoms with E-state index in [1.165, 1.54) is 50.1 Å². The summed E-state index contributed by atoms with van der Waals surface area (Å²) in [6.45, 7) is 23.7. The number of carbonyl (C=O) groups excluding carboxylic acids is 5. The van der Waals surface area contributed by atoms with Crippen LogP contribution >= 0.6 is 0 Å². The van der Waals surface area contributed by atoms with Crippen molar-refractivity contribution in [1.29, 1.82) is 10.5 Å². The standard InChI is InChI=1S/C28H33N5O2.C26H22F2N4O.C26H33N5O.C22H27N5O.2H2/c1-20(2)19-31(4)27(35)25-18-29-28(33-16-14-32(15-17-33)21(3)34)30-26(25)24-12-10-23(11-13-24)22-8-6-5-7-9-22;27-20-10-6-9-18(15-20)13-14-29-26-31-17-22(24(32-26)21-11-4-5-12-23(21)28)25(33)30-16-19-7-2-1-3-8-19;1-6-15(2)29-24(32)20-14-28-25(31-23(20)18-9-7-17(13-27)8-10-18)30-22-12-19-11-21(16(22)3)26(19,4)5;1-4-26(2)22-24-15-19(21(28)27(3)18-8-6-5-7-9-18)20(25-22)17-12-10-16(14-23)11-13-17;;/h5-13,18,20H,14-17,19H2,1-4H3;1-12,15,17H,13-14,16H2,(H,30,33)(H,29,31,32);7-10,14-16,19,21-22H,6,11-12H2,1-5H3,(H,29,32)(H,28,30,31);10-13,15,18H,4-9H2,1-3H3;2*1H. The largest absolute Gasteiger partial charge is 0.354 e. The summed E-state index contributed by atoms with van der Waals surface area (Å²) in [6, 6.07) is 59.6. The first kappa shape index (κ1) is 93.4. The van der Waals surface area contributed by atoms with E-state index in [0.717, 1.165) is 83.0 Å². The molecule has 5 atom stereocenters. The summed E-state index contributed by atoms with van der Waals surface area (Å²) in [4.78, 5) is 110. The third-order valence-corrected chi connectivity index (χ3v) is 24.8. The number of rotatable bonds is 25. The maximum absolute atomic E-state index is 14.6. The zero-order valence-electron chi connectivity index (χ0n) is 75.2. The van der Waals surface area contributed by atoms with Gasteiger partial charge in [-0.2, -0.15) is 10.5 Å². The van der Waals surface area contributed by atoms with Gasteiger partial charge in [-0.3, -0.25) is 24.0 Å². The number of nitrogens with zero attached hydrogens (tertiary/aromatic N) is 15. The van der Waals surface area contributed by atoms with Crippen molar-refractivity contribution in [2.24, 2.45) is 29.1 Å². The van der Waals surface area contributed by atoms with Crippen molar-refractivity contribution in [3.05, 3.63) is 263 Å². The molecule has 4 N–H and O–H groups in total. The number of piperazine rings is 1. The highest BCUT2D eigenvalue weighted by molar-refractivity contribution is 6.02. The number of hydrogen-bond acceptors (Lipinski definition) is 19. The Hall–Kier alpha value is -13.8. The van der Waals surface area contributed by atoms with Gasteiger partial charge in [-0.05, 0) is 152 Å². The van der Waals surface area contributed by atoms with Crippen LogP contribution in [0.2, 0.25) is 0 Å². The van der Waals surface area contributed by atoms with Gasteiger partial charge < -0.3 is 45.8 Å². The number of fused-ring (bicyclic) bond motifs is 2. The molecule has 24 nitrogen and oxygen atoms in total. The molecule has 5 aliphatic rings.